The van der Waals surface area contributed by atoms with Crippen molar-refractivity contribution < 1.29 is 48.0 Å². The summed E-state index contributed by atoms with van der Waals surface area (Å²) < 4.78 is 36.6. The summed E-state index contributed by atoms with van der Waals surface area (Å²) in [6.07, 6.45) is 8.76. The number of anilines is 1. The Bertz CT molecular complexity index is 1080. The topological polar surface area (TPSA) is 160 Å². The molecule has 0 saturated heterocycles. The van der Waals surface area contributed by atoms with E-state index >= 15 is 0 Å². The van der Waals surface area contributed by atoms with Gasteiger partial charge in [-0.25, -0.2) is 4.58 Å². The Morgan fingerprint density at radius 2 is 1.21 bits per heavy atom. The van der Waals surface area contributed by atoms with Gasteiger partial charge in [-0.1, -0.05) is 42.5 Å². The van der Waals surface area contributed by atoms with Crippen LogP contribution in [0.2, 0.25) is 0 Å². The van der Waals surface area contributed by atoms with E-state index in [4.69, 9.17) is 14.3 Å². The summed E-state index contributed by atoms with van der Waals surface area (Å²) in [5.74, 6) is 0. The van der Waals surface area contributed by atoms with E-state index in [0.717, 1.165) is 0 Å². The molecule has 2 aromatic carbocycles. The summed E-state index contributed by atoms with van der Waals surface area (Å²) in [5, 5.41) is 0. The molecule has 8 N–H and O–H groups in total. The van der Waals surface area contributed by atoms with Crippen molar-refractivity contribution in [1.29, 1.82) is 0 Å². The fourth-order valence-electron chi connectivity index (χ4n) is 2.96. The van der Waals surface area contributed by atoms with Gasteiger partial charge in [-0.05, 0) is 46.6 Å². The van der Waals surface area contributed by atoms with Crippen LogP contribution in [0.1, 0.15) is 11.1 Å². The molecule has 0 spiro atoms. The molecule has 0 aliphatic heterocycles. The van der Waals surface area contributed by atoms with Crippen molar-refractivity contribution in [3.05, 3.63) is 95.6 Å². The Morgan fingerprint density at radius 3 is 1.61 bits per heavy atom. The van der Waals surface area contributed by atoms with Crippen molar-refractivity contribution in [3.63, 3.8) is 0 Å². The molecule has 3 rings (SSSR count). The molecular weight excluding hydrogens is 528 g/mol. The Labute approximate surface area is 205 Å². The van der Waals surface area contributed by atoms with E-state index in [-0.39, 0.29) is 24.7 Å². The van der Waals surface area contributed by atoms with E-state index in [9.17, 15) is 0 Å². The van der Waals surface area contributed by atoms with Crippen molar-refractivity contribution in [2.75, 3.05) is 33.1 Å². The van der Waals surface area contributed by atoms with Gasteiger partial charge in [-0.3, -0.25) is 0 Å². The van der Waals surface area contributed by atoms with Gasteiger partial charge in [0.1, 0.15) is 14.1 Å². The zero-order valence-electron chi connectivity index (χ0n) is 19.8. The average molecular weight is 561 g/mol. The Morgan fingerprint density at radius 1 is 0.788 bits per heavy atom. The molecule has 0 aromatic heterocycles. The summed E-state index contributed by atoms with van der Waals surface area (Å²) in [4.78, 5) is 2.12. The second-order valence-corrected chi connectivity index (χ2v) is 9.04. The van der Waals surface area contributed by atoms with E-state index in [1.54, 1.807) is 0 Å². The molecule has 0 unspecified atom stereocenters. The zero-order chi connectivity index (χ0) is 22.3. The third kappa shape index (κ3) is 10.8. The number of halogens is 1. The van der Waals surface area contributed by atoms with Crippen molar-refractivity contribution in [2.45, 2.75) is 0 Å². The Hall–Kier alpha value is -2.45. The van der Waals surface area contributed by atoms with Crippen LogP contribution in [0.3, 0.4) is 0 Å². The molecule has 10 heteroatoms. The van der Waals surface area contributed by atoms with Crippen LogP contribution in [0, 0.1) is 0 Å². The molecule has 33 heavy (non-hydrogen) atoms. The van der Waals surface area contributed by atoms with E-state index in [0.29, 0.717) is 0 Å². The van der Waals surface area contributed by atoms with E-state index in [1.165, 1.54) is 33.7 Å². The first kappa shape index (κ1) is 32.7. The predicted octanol–water partition coefficient (Wildman–Crippen LogP) is -0.468. The van der Waals surface area contributed by atoms with Crippen LogP contribution in [0.4, 0.5) is 5.69 Å². The molecule has 1 aliphatic rings. The molecule has 0 saturated carbocycles. The molecule has 8 nitrogen and oxygen atoms in total. The fourth-order valence-corrected chi connectivity index (χ4v) is 2.96. The van der Waals surface area contributed by atoms with Gasteiger partial charge in [-0.15, -0.1) is 0 Å². The molecule has 0 amide bonds. The standard InChI is InChI=1S/C23H25N2.ClH.Mo.2H3N.4O/c1-24(2)21-14-10-19(11-15-21)23(18-8-6-5-7-9-18)20-12-16-22(17-13-20)25(3)4;;;;;;;;/h5-17H,1-4H3;1H;;2*1H3;;;;/q+1;;;;;;;2*-1/p+1. The molecule has 0 radical (unpaired) electrons. The maximum absolute atomic E-state index is 8.63. The first-order valence-corrected chi connectivity index (χ1v) is 12.5. The number of allylic oxidation sites excluding steroid dienone is 5. The summed E-state index contributed by atoms with van der Waals surface area (Å²) in [6.45, 7) is 0. The SMILES string of the molecule is CN(C)c1ccc(C(=C2C=CC(=[N+](C)C)C=C2)c2ccccc2)cc1.[Cl-].[NH4+].[NH4+].[O]=[Mo](=[O])([O-])[O-]. The van der Waals surface area contributed by atoms with Crippen molar-refractivity contribution in [1.82, 2.24) is 12.3 Å². The number of nitrogens with zero attached hydrogens (tertiary/aromatic N) is 2. The van der Waals surface area contributed by atoms with Gasteiger partial charge in [-0.2, -0.15) is 0 Å². The number of hydrogen-bond acceptors (Lipinski definition) is 5. The van der Waals surface area contributed by atoms with Crippen LogP contribution < -0.4 is 37.1 Å². The molecule has 2 aromatic rings. The minimum atomic E-state index is -6.02. The number of quaternary nitrogens is 2. The molecule has 0 atom stereocenters. The second-order valence-electron chi connectivity index (χ2n) is 7.03. The number of hydrogen-bond donors (Lipinski definition) is 2. The van der Waals surface area contributed by atoms with Crippen molar-refractivity contribution in [2.24, 2.45) is 0 Å². The second kappa shape index (κ2) is 14.6. The Kier molecular flexibility index (Phi) is 14.5. The van der Waals surface area contributed by atoms with Crippen LogP contribution in [-0.2, 0) is 23.5 Å². The molecular formula is C23H33ClMoN4O4. The van der Waals surface area contributed by atoms with Crippen LogP contribution in [0.25, 0.3) is 5.57 Å². The van der Waals surface area contributed by atoms with E-state index in [1.807, 2.05) is 0 Å². The van der Waals surface area contributed by atoms with E-state index in [2.05, 4.69) is 117 Å². The predicted molar refractivity (Wildman–Crippen MR) is 122 cm³/mol. The van der Waals surface area contributed by atoms with Crippen LogP contribution in [-0.4, -0.2) is 38.5 Å². The van der Waals surface area contributed by atoms with Crippen LogP contribution in [0.5, 0.6) is 0 Å². The maximum atomic E-state index is 8.63. The van der Waals surface area contributed by atoms with Gasteiger partial charge in [0.15, 0.2) is 5.71 Å². The fraction of sp³-hybridized carbons (Fsp3) is 0.174. The van der Waals surface area contributed by atoms with Gasteiger partial charge >= 0.3 is 31.1 Å². The van der Waals surface area contributed by atoms with Gasteiger partial charge < -0.3 is 29.6 Å². The summed E-state index contributed by atoms with van der Waals surface area (Å²) in [5.41, 5.74) is 7.37. The molecule has 0 bridgehead atoms. The quantitative estimate of drug-likeness (QED) is 0.383. The van der Waals surface area contributed by atoms with Crippen LogP contribution in [0.15, 0.2) is 84.5 Å². The normalized spacial score (nSPS) is 11.7. The first-order chi connectivity index (χ1) is 14.1. The monoisotopic (exact) mass is 562 g/mol. The number of rotatable bonds is 3. The third-order valence-corrected chi connectivity index (χ3v) is 4.41. The third-order valence-electron chi connectivity index (χ3n) is 4.41. The number of benzene rings is 2. The summed E-state index contributed by atoms with van der Waals surface area (Å²) in [6, 6.07) is 19.4. The van der Waals surface area contributed by atoms with Crippen molar-refractivity contribution >= 4 is 17.0 Å². The van der Waals surface area contributed by atoms with Gasteiger partial charge in [0.2, 0.25) is 0 Å². The molecule has 0 fully saturated rings. The molecule has 182 valence electrons. The first-order valence-electron chi connectivity index (χ1n) is 9.21. The Balaban J connectivity index is 0. The summed E-state index contributed by atoms with van der Waals surface area (Å²) in [7, 11) is 8.27. The van der Waals surface area contributed by atoms with E-state index < -0.39 is 16.7 Å². The minimum absolute atomic E-state index is 0. The average Bonchev–Trinajstić information content (AvgIpc) is 2.68. The van der Waals surface area contributed by atoms with Gasteiger partial charge in [0, 0.05) is 31.9 Å². The summed E-state index contributed by atoms with van der Waals surface area (Å²) >= 11 is -6.02. The zero-order valence-corrected chi connectivity index (χ0v) is 22.6. The molecule has 1 aliphatic carbocycles. The van der Waals surface area contributed by atoms with Gasteiger partial charge in [0.05, 0.1) is 0 Å². The van der Waals surface area contributed by atoms with Crippen molar-refractivity contribution in [3.8, 4) is 0 Å². The van der Waals surface area contributed by atoms with Gasteiger partial charge in [0.25, 0.3) is 0 Å². The van der Waals surface area contributed by atoms with Crippen LogP contribution >= 0.6 is 0 Å². The molecule has 0 heterocycles.